The van der Waals surface area contributed by atoms with E-state index in [2.05, 4.69) is 5.32 Å². The van der Waals surface area contributed by atoms with Crippen molar-refractivity contribution in [3.63, 3.8) is 0 Å². The van der Waals surface area contributed by atoms with Gasteiger partial charge in [0.1, 0.15) is 0 Å². The third-order valence-corrected chi connectivity index (χ3v) is 15.9. The van der Waals surface area contributed by atoms with Crippen LogP contribution in [0, 0.1) is 5.92 Å². The number of β-lactam (4-membered cyclic amide) rings is 1. The molecular formula is C40H45N2O8PSi. The van der Waals surface area contributed by atoms with E-state index in [1.807, 2.05) is 118 Å². The number of amides is 2. The summed E-state index contributed by atoms with van der Waals surface area (Å²) in [6, 6.07) is 32.9. The Morgan fingerprint density at radius 2 is 1.23 bits per heavy atom. The van der Waals surface area contributed by atoms with Gasteiger partial charge in [-0.2, -0.15) is 0 Å². The van der Waals surface area contributed by atoms with E-state index in [1.54, 1.807) is 28.9 Å². The van der Waals surface area contributed by atoms with Crippen LogP contribution in [0.2, 0.25) is 19.6 Å². The summed E-state index contributed by atoms with van der Waals surface area (Å²) in [5.74, 6) is -3.19. The number of rotatable bonds is 14. The van der Waals surface area contributed by atoms with Gasteiger partial charge in [-0.3, -0.25) is 0 Å². The van der Waals surface area contributed by atoms with Gasteiger partial charge in [0.25, 0.3) is 0 Å². The second-order valence-corrected chi connectivity index (χ2v) is 22.3. The van der Waals surface area contributed by atoms with Crippen LogP contribution in [-0.4, -0.2) is 68.3 Å². The number of carbonyl (C=O) groups is 5. The van der Waals surface area contributed by atoms with Gasteiger partial charge in [0.2, 0.25) is 0 Å². The molecule has 12 heteroatoms. The van der Waals surface area contributed by atoms with Gasteiger partial charge in [-0.25, -0.2) is 0 Å². The fourth-order valence-corrected chi connectivity index (χ4v) is 14.4. The third-order valence-electron chi connectivity index (χ3n) is 9.17. The van der Waals surface area contributed by atoms with Gasteiger partial charge < -0.3 is 0 Å². The number of Topliss-reactive ketones (excluding diaryl/α,β-unsaturated/α-hetero) is 1. The van der Waals surface area contributed by atoms with E-state index in [-0.39, 0.29) is 24.0 Å². The van der Waals surface area contributed by atoms with E-state index in [1.165, 1.54) is 14.0 Å². The first kappa shape index (κ1) is 38.3. The first-order valence-electron chi connectivity index (χ1n) is 17.1. The molecule has 3 atom stereocenters. The number of carbonyl (C=O) groups excluding carboxylic acids is 5. The van der Waals surface area contributed by atoms with Crippen LogP contribution in [0.3, 0.4) is 0 Å². The fourth-order valence-electron chi connectivity index (χ4n) is 7.16. The standard InChI is InChI=1S/C40H45N2O8PSi/c1-28(50-52(4,5)6)38-35(26-36(44)30-22-24-31(25-23-30)39(46)41-3)42(40(38)47)51(32-16-10-7-11-17-32,33-18-12-8-13-19-33,34-20-14-9-15-21-34)49-37(45)27-48-29(2)43/h7-25,28,35,38H,26-27H2,1-6H3,(H,41,46)/t28-,35-,38-/m1/s1. The Balaban J connectivity index is 1.81. The molecule has 1 N–H and O–H groups in total. The van der Waals surface area contributed by atoms with Gasteiger partial charge in [0, 0.05) is 0 Å². The summed E-state index contributed by atoms with van der Waals surface area (Å²) >= 11 is 0. The van der Waals surface area contributed by atoms with Crippen molar-refractivity contribution in [1.29, 1.82) is 0 Å². The van der Waals surface area contributed by atoms with E-state index < -0.39 is 51.9 Å². The number of nitrogens with zero attached hydrogens (tertiary/aromatic N) is 1. The molecule has 272 valence electrons. The van der Waals surface area contributed by atoms with Gasteiger partial charge in [-0.1, -0.05) is 0 Å². The van der Waals surface area contributed by atoms with Crippen molar-refractivity contribution in [1.82, 2.24) is 9.99 Å². The monoisotopic (exact) mass is 740 g/mol. The molecule has 10 nitrogen and oxygen atoms in total. The molecular weight excluding hydrogens is 696 g/mol. The van der Waals surface area contributed by atoms with E-state index >= 15 is 4.79 Å². The van der Waals surface area contributed by atoms with Crippen LogP contribution in [0.5, 0.6) is 0 Å². The van der Waals surface area contributed by atoms with Crippen LogP contribution in [0.1, 0.15) is 41.0 Å². The molecule has 1 aliphatic rings. The average Bonchev–Trinajstić information content (AvgIpc) is 3.13. The molecule has 0 spiro atoms. The molecule has 1 heterocycles. The third kappa shape index (κ3) is 7.08. The summed E-state index contributed by atoms with van der Waals surface area (Å²) in [7, 11) is -0.660. The van der Waals surface area contributed by atoms with E-state index in [0.717, 1.165) is 0 Å². The van der Waals surface area contributed by atoms with E-state index in [0.29, 0.717) is 27.0 Å². The zero-order chi connectivity index (χ0) is 37.7. The molecule has 0 radical (unpaired) electrons. The average molecular weight is 741 g/mol. The van der Waals surface area contributed by atoms with Crippen LogP contribution in [0.4, 0.5) is 0 Å². The summed E-state index contributed by atoms with van der Waals surface area (Å²) in [4.78, 5) is 67.9. The molecule has 1 fully saturated rings. The molecule has 1 saturated heterocycles. The Bertz CT molecular complexity index is 1840. The molecule has 2 amide bonds. The molecule has 0 unspecified atom stereocenters. The fraction of sp³-hybridized carbons (Fsp3) is 0.275. The van der Waals surface area contributed by atoms with E-state index in [4.69, 9.17) is 13.7 Å². The Morgan fingerprint density at radius 1 is 0.769 bits per heavy atom. The second kappa shape index (κ2) is 15.3. The summed E-state index contributed by atoms with van der Waals surface area (Å²) in [6.45, 7) is 3.51. The number of esters is 1. The van der Waals surface area contributed by atoms with Gasteiger partial charge in [-0.15, -0.1) is 0 Å². The predicted octanol–water partition coefficient (Wildman–Crippen LogP) is 5.15. The second-order valence-electron chi connectivity index (χ2n) is 13.7. The van der Waals surface area contributed by atoms with Crippen LogP contribution >= 0.6 is 6.98 Å². The van der Waals surface area contributed by atoms with Gasteiger partial charge in [0.15, 0.2) is 0 Å². The number of nitrogens with one attached hydrogen (secondary N) is 1. The molecule has 0 aromatic heterocycles. The minimum atomic E-state index is -4.95. The molecule has 4 aromatic carbocycles. The van der Waals surface area contributed by atoms with Crippen molar-refractivity contribution in [3.05, 3.63) is 126 Å². The Hall–Kier alpha value is -4.96. The Labute approximate surface area is 305 Å². The molecule has 4 aromatic rings. The van der Waals surface area contributed by atoms with Gasteiger partial charge in [-0.05, 0) is 0 Å². The molecule has 0 aliphatic carbocycles. The van der Waals surface area contributed by atoms with Crippen LogP contribution in [-0.2, 0) is 28.1 Å². The number of benzene rings is 4. The molecule has 5 rings (SSSR count). The van der Waals surface area contributed by atoms with Crippen molar-refractivity contribution in [3.8, 4) is 0 Å². The van der Waals surface area contributed by atoms with E-state index in [9.17, 15) is 19.2 Å². The number of ether oxygens (including phenoxy) is 1. The summed E-state index contributed by atoms with van der Waals surface area (Å²) in [6.07, 6.45) is -0.716. The quantitative estimate of drug-likeness (QED) is 0.0619. The van der Waals surface area contributed by atoms with Crippen LogP contribution < -0.4 is 21.2 Å². The first-order valence-corrected chi connectivity index (χ1v) is 22.7. The molecule has 0 bridgehead atoms. The maximum atomic E-state index is 15.3. The number of ketones is 1. The summed E-state index contributed by atoms with van der Waals surface area (Å²) < 4.78 is 20.3. The number of hydrogen-bond donors (Lipinski definition) is 1. The predicted molar refractivity (Wildman–Crippen MR) is 205 cm³/mol. The Morgan fingerprint density at radius 3 is 1.65 bits per heavy atom. The van der Waals surface area contributed by atoms with Crippen molar-refractivity contribution in [2.75, 3.05) is 13.7 Å². The topological polar surface area (TPSA) is 128 Å². The normalized spacial score (nSPS) is 17.2. The van der Waals surface area contributed by atoms with Crippen molar-refractivity contribution >= 4 is 60.7 Å². The zero-order valence-electron chi connectivity index (χ0n) is 30.3. The van der Waals surface area contributed by atoms with Crippen LogP contribution in [0.25, 0.3) is 0 Å². The van der Waals surface area contributed by atoms with Crippen LogP contribution in [0.15, 0.2) is 115 Å². The summed E-state index contributed by atoms with van der Waals surface area (Å²) in [5.41, 5.74) is 0.757. The number of hydrogen-bond acceptors (Lipinski definition) is 8. The van der Waals surface area contributed by atoms with Crippen molar-refractivity contribution in [2.45, 2.75) is 52.1 Å². The SMILES string of the molecule is CNC(=O)c1ccc(C(=O)C[C@@H]2[C@@H]([C@@H](C)O[Si](C)(C)C)C(=O)N2P(OC(=O)COC(C)=O)(c2ccccc2)(c2ccccc2)c2ccccc2)cc1. The Kier molecular flexibility index (Phi) is 11.3. The molecule has 52 heavy (non-hydrogen) atoms. The minimum absolute atomic E-state index is 0.138. The first-order chi connectivity index (χ1) is 24.7. The molecule has 0 saturated carbocycles. The molecule has 1 aliphatic heterocycles. The van der Waals surface area contributed by atoms with Gasteiger partial charge >= 0.3 is 306 Å². The zero-order valence-corrected chi connectivity index (χ0v) is 32.2. The van der Waals surface area contributed by atoms with Crippen molar-refractivity contribution in [2.24, 2.45) is 5.92 Å². The maximum absolute atomic E-state index is 15.3. The van der Waals surface area contributed by atoms with Crippen molar-refractivity contribution < 1.29 is 37.7 Å². The summed E-state index contributed by atoms with van der Waals surface area (Å²) in [5, 5.41) is 4.21. The van der Waals surface area contributed by atoms with Gasteiger partial charge in [0.05, 0.1) is 0 Å².